The van der Waals surface area contributed by atoms with Crippen LogP contribution >= 0.6 is 0 Å². The Morgan fingerprint density at radius 2 is 2.29 bits per heavy atom. The Balaban J connectivity index is 2.03. The van der Waals surface area contributed by atoms with Crippen molar-refractivity contribution in [2.24, 2.45) is 5.92 Å². The third kappa shape index (κ3) is 3.64. The van der Waals surface area contributed by atoms with Crippen molar-refractivity contribution in [3.8, 4) is 0 Å². The second-order valence-electron chi connectivity index (χ2n) is 5.79. The quantitative estimate of drug-likeness (QED) is 0.891. The Morgan fingerprint density at radius 1 is 1.52 bits per heavy atom. The third-order valence-electron chi connectivity index (χ3n) is 4.02. The largest absolute Gasteiger partial charge is 0.394 e. The lowest BCUT2D eigenvalue weighted by Crippen LogP contribution is -2.51. The predicted molar refractivity (Wildman–Crippen MR) is 83.6 cm³/mol. The summed E-state index contributed by atoms with van der Waals surface area (Å²) in [6.45, 7) is 2.77. The molecule has 1 aromatic heterocycles. The number of likely N-dealkylation sites (tertiary alicyclic amines) is 1. The number of pyridine rings is 1. The number of nitrogens with one attached hydrogen (secondary N) is 1. The van der Waals surface area contributed by atoms with Crippen LogP contribution in [0.5, 0.6) is 0 Å². The second-order valence-corrected chi connectivity index (χ2v) is 5.79. The van der Waals surface area contributed by atoms with Gasteiger partial charge in [0.1, 0.15) is 5.82 Å². The molecule has 2 amide bonds. The number of anilines is 2. The molecule has 0 saturated carbocycles. The highest BCUT2D eigenvalue weighted by Gasteiger charge is 2.31. The van der Waals surface area contributed by atoms with E-state index in [0.29, 0.717) is 18.2 Å². The van der Waals surface area contributed by atoms with Crippen LogP contribution < -0.4 is 10.2 Å². The van der Waals surface area contributed by atoms with Gasteiger partial charge in [0.05, 0.1) is 24.5 Å². The summed E-state index contributed by atoms with van der Waals surface area (Å²) in [5.41, 5.74) is 0.667. The molecule has 1 aromatic rings. The summed E-state index contributed by atoms with van der Waals surface area (Å²) in [5, 5.41) is 12.4. The predicted octanol–water partition coefficient (Wildman–Crippen LogP) is 1.77. The van der Waals surface area contributed by atoms with Gasteiger partial charge < -0.3 is 20.2 Å². The molecule has 0 aromatic carbocycles. The molecule has 2 heterocycles. The first kappa shape index (κ1) is 15.6. The summed E-state index contributed by atoms with van der Waals surface area (Å²) >= 11 is 0. The number of aromatic nitrogens is 1. The van der Waals surface area contributed by atoms with E-state index in [0.717, 1.165) is 18.7 Å². The van der Waals surface area contributed by atoms with Crippen LogP contribution in [-0.2, 0) is 0 Å². The maximum atomic E-state index is 12.4. The number of amides is 2. The van der Waals surface area contributed by atoms with E-state index >= 15 is 0 Å². The Bertz CT molecular complexity index is 475. The van der Waals surface area contributed by atoms with E-state index in [1.807, 2.05) is 31.1 Å². The monoisotopic (exact) mass is 292 g/mol. The number of carbonyl (C=O) groups excluding carboxylic acids is 1. The average Bonchev–Trinajstić information content (AvgIpc) is 2.47. The smallest absolute Gasteiger partial charge is 0.322 e. The molecule has 116 valence electrons. The SMILES string of the molecule is C[C@H]1CCCN(C(=O)Nc2ccc(N(C)C)nc2)[C@@H]1CO. The highest BCUT2D eigenvalue weighted by atomic mass is 16.3. The number of urea groups is 1. The van der Waals surface area contributed by atoms with Crippen LogP contribution in [0.25, 0.3) is 0 Å². The van der Waals surface area contributed by atoms with E-state index in [4.69, 9.17) is 0 Å². The minimum Gasteiger partial charge on any atom is -0.394 e. The Labute approximate surface area is 125 Å². The maximum absolute atomic E-state index is 12.4. The molecule has 1 saturated heterocycles. The van der Waals surface area contributed by atoms with Gasteiger partial charge in [0.25, 0.3) is 0 Å². The zero-order valence-electron chi connectivity index (χ0n) is 12.9. The standard InChI is InChI=1S/C15H24N4O2/c1-11-5-4-8-19(13(11)10-20)15(21)17-12-6-7-14(16-9-12)18(2)3/h6-7,9,11,13,20H,4-5,8,10H2,1-3H3,(H,17,21)/t11-,13+/m0/s1. The van der Waals surface area contributed by atoms with E-state index in [1.54, 1.807) is 11.1 Å². The number of piperidine rings is 1. The first-order chi connectivity index (χ1) is 10.0. The maximum Gasteiger partial charge on any atom is 0.322 e. The number of hydrogen-bond acceptors (Lipinski definition) is 4. The average molecular weight is 292 g/mol. The molecule has 0 spiro atoms. The Hall–Kier alpha value is -1.82. The minimum atomic E-state index is -0.167. The second kappa shape index (κ2) is 6.76. The van der Waals surface area contributed by atoms with Crippen molar-refractivity contribution >= 4 is 17.5 Å². The normalized spacial score (nSPS) is 22.0. The van der Waals surface area contributed by atoms with Gasteiger partial charge in [-0.05, 0) is 30.9 Å². The van der Waals surface area contributed by atoms with Gasteiger partial charge in [-0.2, -0.15) is 0 Å². The van der Waals surface area contributed by atoms with Gasteiger partial charge in [0.2, 0.25) is 0 Å². The fourth-order valence-corrected chi connectivity index (χ4v) is 2.70. The molecular formula is C15H24N4O2. The van der Waals surface area contributed by atoms with Gasteiger partial charge >= 0.3 is 6.03 Å². The number of nitrogens with zero attached hydrogens (tertiary/aromatic N) is 3. The van der Waals surface area contributed by atoms with Crippen molar-refractivity contribution in [3.63, 3.8) is 0 Å². The zero-order valence-corrected chi connectivity index (χ0v) is 12.9. The van der Waals surface area contributed by atoms with E-state index in [-0.39, 0.29) is 18.7 Å². The highest BCUT2D eigenvalue weighted by molar-refractivity contribution is 5.89. The molecule has 1 fully saturated rings. The van der Waals surface area contributed by atoms with Crippen LogP contribution in [-0.4, -0.2) is 54.3 Å². The molecule has 6 nitrogen and oxygen atoms in total. The summed E-state index contributed by atoms with van der Waals surface area (Å²) in [7, 11) is 3.84. The van der Waals surface area contributed by atoms with Crippen molar-refractivity contribution in [1.82, 2.24) is 9.88 Å². The number of aliphatic hydroxyl groups excluding tert-OH is 1. The van der Waals surface area contributed by atoms with Gasteiger partial charge in [0.15, 0.2) is 0 Å². The molecule has 0 unspecified atom stereocenters. The molecule has 0 radical (unpaired) electrons. The van der Waals surface area contributed by atoms with Crippen LogP contribution in [0.2, 0.25) is 0 Å². The first-order valence-corrected chi connectivity index (χ1v) is 7.34. The summed E-state index contributed by atoms with van der Waals surface area (Å²) < 4.78 is 0. The minimum absolute atomic E-state index is 0.00635. The van der Waals surface area contributed by atoms with Crippen molar-refractivity contribution in [2.75, 3.05) is 37.5 Å². The molecular weight excluding hydrogens is 268 g/mol. The lowest BCUT2D eigenvalue weighted by Gasteiger charge is -2.38. The molecule has 1 aliphatic heterocycles. The molecule has 0 aliphatic carbocycles. The molecule has 21 heavy (non-hydrogen) atoms. The Morgan fingerprint density at radius 3 is 2.86 bits per heavy atom. The van der Waals surface area contributed by atoms with Gasteiger partial charge in [-0.25, -0.2) is 9.78 Å². The van der Waals surface area contributed by atoms with E-state index in [9.17, 15) is 9.90 Å². The number of carbonyl (C=O) groups is 1. The number of aliphatic hydroxyl groups is 1. The summed E-state index contributed by atoms with van der Waals surface area (Å²) in [6, 6.07) is 3.42. The van der Waals surface area contributed by atoms with Gasteiger partial charge in [0, 0.05) is 20.6 Å². The number of rotatable bonds is 3. The molecule has 1 aliphatic rings. The van der Waals surface area contributed by atoms with Crippen molar-refractivity contribution in [3.05, 3.63) is 18.3 Å². The fraction of sp³-hybridized carbons (Fsp3) is 0.600. The molecule has 2 rings (SSSR count). The van der Waals surface area contributed by atoms with Gasteiger partial charge in [-0.3, -0.25) is 0 Å². The zero-order chi connectivity index (χ0) is 15.4. The van der Waals surface area contributed by atoms with Gasteiger partial charge in [-0.1, -0.05) is 6.92 Å². The lowest BCUT2D eigenvalue weighted by atomic mass is 9.91. The summed E-state index contributed by atoms with van der Waals surface area (Å²) in [4.78, 5) is 20.3. The summed E-state index contributed by atoms with van der Waals surface area (Å²) in [5.74, 6) is 1.16. The lowest BCUT2D eigenvalue weighted by molar-refractivity contribution is 0.0811. The van der Waals surface area contributed by atoms with E-state index in [2.05, 4.69) is 17.2 Å². The van der Waals surface area contributed by atoms with Crippen LogP contribution in [0.4, 0.5) is 16.3 Å². The highest BCUT2D eigenvalue weighted by Crippen LogP contribution is 2.24. The summed E-state index contributed by atoms with van der Waals surface area (Å²) in [6.07, 6.45) is 3.67. The van der Waals surface area contributed by atoms with Crippen molar-refractivity contribution < 1.29 is 9.90 Å². The van der Waals surface area contributed by atoms with Crippen LogP contribution in [0.15, 0.2) is 18.3 Å². The molecule has 2 N–H and O–H groups in total. The molecule has 0 bridgehead atoms. The first-order valence-electron chi connectivity index (χ1n) is 7.34. The van der Waals surface area contributed by atoms with Crippen molar-refractivity contribution in [1.29, 1.82) is 0 Å². The molecule has 2 atom stereocenters. The van der Waals surface area contributed by atoms with Crippen LogP contribution in [0.3, 0.4) is 0 Å². The van der Waals surface area contributed by atoms with Crippen LogP contribution in [0, 0.1) is 5.92 Å². The Kier molecular flexibility index (Phi) is 5.01. The molecule has 6 heteroatoms. The van der Waals surface area contributed by atoms with Gasteiger partial charge in [-0.15, -0.1) is 0 Å². The number of hydrogen-bond donors (Lipinski definition) is 2. The van der Waals surface area contributed by atoms with E-state index < -0.39 is 0 Å². The van der Waals surface area contributed by atoms with Crippen LogP contribution in [0.1, 0.15) is 19.8 Å². The van der Waals surface area contributed by atoms with E-state index in [1.165, 1.54) is 0 Å². The fourth-order valence-electron chi connectivity index (χ4n) is 2.70. The third-order valence-corrected chi connectivity index (χ3v) is 4.02. The van der Waals surface area contributed by atoms with Crippen molar-refractivity contribution in [2.45, 2.75) is 25.8 Å². The topological polar surface area (TPSA) is 68.7 Å².